The maximum Gasteiger partial charge on any atom is 0.264 e. The zero-order chi connectivity index (χ0) is 27.0. The molecule has 1 atom stereocenters. The zero-order valence-electron chi connectivity index (χ0n) is 20.6. The van der Waals surface area contributed by atoms with Crippen LogP contribution in [0.25, 0.3) is 0 Å². The van der Waals surface area contributed by atoms with Gasteiger partial charge in [0.1, 0.15) is 12.6 Å². The summed E-state index contributed by atoms with van der Waals surface area (Å²) in [7, 11) is -4.10. The number of carbonyl (C=O) groups excluding carboxylic acids is 2. The summed E-state index contributed by atoms with van der Waals surface area (Å²) in [6.07, 6.45) is 0.722. The van der Waals surface area contributed by atoms with Crippen LogP contribution in [-0.2, 0) is 26.2 Å². The van der Waals surface area contributed by atoms with Crippen LogP contribution in [0.5, 0.6) is 0 Å². The molecule has 0 heterocycles. The van der Waals surface area contributed by atoms with Gasteiger partial charge in [0, 0.05) is 28.7 Å². The summed E-state index contributed by atoms with van der Waals surface area (Å²) in [4.78, 5) is 28.0. The smallest absolute Gasteiger partial charge is 0.264 e. The average Bonchev–Trinajstić information content (AvgIpc) is 2.90. The quantitative estimate of drug-likeness (QED) is 0.351. The molecular formula is C27H29Cl2N3O4S. The Hall–Kier alpha value is -3.07. The van der Waals surface area contributed by atoms with Gasteiger partial charge >= 0.3 is 0 Å². The van der Waals surface area contributed by atoms with Crippen molar-refractivity contribution in [2.24, 2.45) is 0 Å². The van der Waals surface area contributed by atoms with Crippen molar-refractivity contribution in [1.29, 1.82) is 0 Å². The molecule has 3 aromatic rings. The van der Waals surface area contributed by atoms with Gasteiger partial charge in [-0.15, -0.1) is 0 Å². The molecule has 3 aromatic carbocycles. The molecule has 37 heavy (non-hydrogen) atoms. The third kappa shape index (κ3) is 7.03. The molecule has 0 radical (unpaired) electrons. The highest BCUT2D eigenvalue weighted by atomic mass is 35.5. The average molecular weight is 563 g/mol. The second-order valence-corrected chi connectivity index (χ2v) is 11.0. The number of halogens is 2. The molecule has 7 nitrogen and oxygen atoms in total. The molecule has 0 aliphatic heterocycles. The monoisotopic (exact) mass is 561 g/mol. The Morgan fingerprint density at radius 3 is 2.03 bits per heavy atom. The van der Waals surface area contributed by atoms with E-state index in [1.54, 1.807) is 73.7 Å². The molecular weight excluding hydrogens is 533 g/mol. The first-order valence-corrected chi connectivity index (χ1v) is 14.0. The lowest BCUT2D eigenvalue weighted by molar-refractivity contribution is -0.139. The first kappa shape index (κ1) is 28.5. The van der Waals surface area contributed by atoms with Crippen LogP contribution in [0.2, 0.25) is 10.0 Å². The van der Waals surface area contributed by atoms with Gasteiger partial charge in [-0.3, -0.25) is 13.9 Å². The normalized spacial score (nSPS) is 12.0. The van der Waals surface area contributed by atoms with Crippen LogP contribution in [0.4, 0.5) is 5.69 Å². The minimum Gasteiger partial charge on any atom is -0.354 e. The fourth-order valence-electron chi connectivity index (χ4n) is 3.67. The van der Waals surface area contributed by atoms with Crippen molar-refractivity contribution in [1.82, 2.24) is 10.2 Å². The molecule has 3 rings (SSSR count). The highest BCUT2D eigenvalue weighted by molar-refractivity contribution is 7.92. The van der Waals surface area contributed by atoms with E-state index >= 15 is 0 Å². The third-order valence-electron chi connectivity index (χ3n) is 5.76. The molecule has 2 amide bonds. The van der Waals surface area contributed by atoms with E-state index in [4.69, 9.17) is 23.2 Å². The molecule has 0 aliphatic carbocycles. The van der Waals surface area contributed by atoms with Crippen molar-refractivity contribution in [3.05, 3.63) is 94.5 Å². The van der Waals surface area contributed by atoms with E-state index in [1.165, 1.54) is 17.0 Å². The Morgan fingerprint density at radius 1 is 0.892 bits per heavy atom. The maximum atomic E-state index is 13.8. The van der Waals surface area contributed by atoms with Crippen LogP contribution < -0.4 is 9.62 Å². The summed E-state index contributed by atoms with van der Waals surface area (Å²) in [5.41, 5.74) is 0.782. The predicted molar refractivity (Wildman–Crippen MR) is 147 cm³/mol. The Labute approximate surface area is 228 Å². The van der Waals surface area contributed by atoms with Crippen molar-refractivity contribution in [3.63, 3.8) is 0 Å². The highest BCUT2D eigenvalue weighted by Gasteiger charge is 2.32. The number of sulfonamides is 1. The summed E-state index contributed by atoms with van der Waals surface area (Å²) in [5, 5.41) is 3.47. The molecule has 196 valence electrons. The summed E-state index contributed by atoms with van der Waals surface area (Å²) >= 11 is 12.7. The van der Waals surface area contributed by atoms with Gasteiger partial charge in [-0.2, -0.15) is 0 Å². The molecule has 0 saturated heterocycles. The van der Waals surface area contributed by atoms with E-state index in [1.807, 2.05) is 6.92 Å². The first-order chi connectivity index (χ1) is 17.7. The van der Waals surface area contributed by atoms with Crippen LogP contribution in [0, 0.1) is 0 Å². The number of para-hydroxylation sites is 1. The zero-order valence-corrected chi connectivity index (χ0v) is 22.9. The number of nitrogens with one attached hydrogen (secondary N) is 1. The minimum absolute atomic E-state index is 0.0427. The molecule has 0 fully saturated rings. The summed E-state index contributed by atoms with van der Waals surface area (Å²) in [5.74, 6) is -0.950. The van der Waals surface area contributed by atoms with E-state index in [9.17, 15) is 18.0 Å². The number of nitrogens with zero attached hydrogens (tertiary/aromatic N) is 2. The van der Waals surface area contributed by atoms with E-state index in [0.29, 0.717) is 27.8 Å². The third-order valence-corrected chi connectivity index (χ3v) is 8.26. The van der Waals surface area contributed by atoms with Crippen molar-refractivity contribution in [3.8, 4) is 0 Å². The maximum absolute atomic E-state index is 13.8. The van der Waals surface area contributed by atoms with E-state index < -0.39 is 28.5 Å². The van der Waals surface area contributed by atoms with Gasteiger partial charge < -0.3 is 10.2 Å². The lowest BCUT2D eigenvalue weighted by Gasteiger charge is -2.32. The van der Waals surface area contributed by atoms with Crippen molar-refractivity contribution in [2.75, 3.05) is 17.4 Å². The Bertz CT molecular complexity index is 1300. The number of carbonyl (C=O) groups is 2. The van der Waals surface area contributed by atoms with Crippen LogP contribution in [-0.4, -0.2) is 44.3 Å². The van der Waals surface area contributed by atoms with E-state index in [-0.39, 0.29) is 17.3 Å². The molecule has 0 unspecified atom stereocenters. The van der Waals surface area contributed by atoms with Crippen LogP contribution in [0.3, 0.4) is 0 Å². The molecule has 0 saturated carbocycles. The molecule has 10 heteroatoms. The molecule has 0 aromatic heterocycles. The van der Waals surface area contributed by atoms with Crippen molar-refractivity contribution in [2.45, 2.75) is 37.8 Å². The lowest BCUT2D eigenvalue weighted by atomic mass is 10.1. The number of benzene rings is 3. The van der Waals surface area contributed by atoms with E-state index in [0.717, 1.165) is 10.7 Å². The predicted octanol–water partition coefficient (Wildman–Crippen LogP) is 5.13. The molecule has 0 bridgehead atoms. The fraction of sp³-hybridized carbons (Fsp3) is 0.259. The highest BCUT2D eigenvalue weighted by Crippen LogP contribution is 2.28. The van der Waals surface area contributed by atoms with E-state index in [2.05, 4.69) is 5.32 Å². The number of rotatable bonds is 11. The van der Waals surface area contributed by atoms with Gasteiger partial charge in [0.15, 0.2) is 0 Å². The lowest BCUT2D eigenvalue weighted by Crippen LogP contribution is -2.51. The van der Waals surface area contributed by atoms with Gasteiger partial charge in [0.25, 0.3) is 10.0 Å². The van der Waals surface area contributed by atoms with Gasteiger partial charge in [0.05, 0.1) is 10.6 Å². The minimum atomic E-state index is -4.10. The van der Waals surface area contributed by atoms with Gasteiger partial charge in [-0.25, -0.2) is 8.42 Å². The van der Waals surface area contributed by atoms with Crippen molar-refractivity contribution >= 4 is 50.7 Å². The number of amides is 2. The number of anilines is 1. The number of hydrogen-bond acceptors (Lipinski definition) is 4. The SMILES string of the molecule is CCCNC(=O)[C@@H](C)N(Cc1c(Cl)cccc1Cl)C(=O)CN(c1ccccc1)S(=O)(=O)c1ccccc1. The molecule has 0 aliphatic rings. The van der Waals surface area contributed by atoms with Gasteiger partial charge in [0.2, 0.25) is 11.8 Å². The molecule has 1 N–H and O–H groups in total. The Morgan fingerprint density at radius 2 is 1.46 bits per heavy atom. The van der Waals surface area contributed by atoms with Crippen LogP contribution in [0.15, 0.2) is 83.8 Å². The topological polar surface area (TPSA) is 86.8 Å². The summed E-state index contributed by atoms with van der Waals surface area (Å²) in [6, 6.07) is 20.3. The van der Waals surface area contributed by atoms with Gasteiger partial charge in [-0.05, 0) is 49.7 Å². The number of hydrogen-bond donors (Lipinski definition) is 1. The van der Waals surface area contributed by atoms with Crippen LogP contribution >= 0.6 is 23.2 Å². The standard InChI is InChI=1S/C27H29Cl2N3O4S/c1-3-17-30-27(34)20(2)31(18-23-24(28)15-10-16-25(23)29)26(33)19-32(21-11-6-4-7-12-21)37(35,36)22-13-8-5-9-14-22/h4-16,20H,3,17-19H2,1-2H3,(H,30,34)/t20-/m1/s1. The van der Waals surface area contributed by atoms with Crippen molar-refractivity contribution < 1.29 is 18.0 Å². The van der Waals surface area contributed by atoms with Gasteiger partial charge in [-0.1, -0.05) is 72.6 Å². The fourth-order valence-corrected chi connectivity index (χ4v) is 5.63. The Balaban J connectivity index is 2.02. The first-order valence-electron chi connectivity index (χ1n) is 11.8. The molecule has 0 spiro atoms. The van der Waals surface area contributed by atoms with Crippen LogP contribution in [0.1, 0.15) is 25.8 Å². The Kier molecular flexibility index (Phi) is 9.97. The summed E-state index contributed by atoms with van der Waals surface area (Å²) in [6.45, 7) is 3.34. The second kappa shape index (κ2) is 12.9. The summed E-state index contributed by atoms with van der Waals surface area (Å²) < 4.78 is 28.3. The largest absolute Gasteiger partial charge is 0.354 e. The second-order valence-electron chi connectivity index (χ2n) is 8.35.